The van der Waals surface area contributed by atoms with Crippen LogP contribution in [0.4, 0.5) is 5.69 Å². The van der Waals surface area contributed by atoms with Crippen molar-refractivity contribution in [2.24, 2.45) is 0 Å². The zero-order chi connectivity index (χ0) is 17.6. The molecule has 5 heteroatoms. The molecule has 0 atom stereocenters. The Labute approximate surface area is 156 Å². The predicted molar refractivity (Wildman–Crippen MR) is 105 cm³/mol. The van der Waals surface area contributed by atoms with Gasteiger partial charge in [0.2, 0.25) is 0 Å². The molecule has 0 heterocycles. The van der Waals surface area contributed by atoms with Crippen LogP contribution in [0.25, 0.3) is 0 Å². The van der Waals surface area contributed by atoms with E-state index in [1.807, 2.05) is 48.5 Å². The molecule has 3 rings (SSSR count). The van der Waals surface area contributed by atoms with Crippen molar-refractivity contribution in [3.05, 3.63) is 77.8 Å². The summed E-state index contributed by atoms with van der Waals surface area (Å²) in [7, 11) is 3.34. The van der Waals surface area contributed by atoms with Crippen molar-refractivity contribution in [1.82, 2.24) is 0 Å². The zero-order valence-electron chi connectivity index (χ0n) is 14.0. The molecule has 0 radical (unpaired) electrons. The summed E-state index contributed by atoms with van der Waals surface area (Å²) in [5, 5.41) is 0.722. The predicted octanol–water partition coefficient (Wildman–Crippen LogP) is 5.42. The van der Waals surface area contributed by atoms with Crippen LogP contribution in [0.5, 0.6) is 11.5 Å². The maximum Gasteiger partial charge on any atom is 0.188 e. The summed E-state index contributed by atoms with van der Waals surface area (Å²) in [6.45, 7) is 0. The fraction of sp³-hybridized carbons (Fsp3) is 0.100. The molecule has 0 aromatic heterocycles. The van der Waals surface area contributed by atoms with E-state index >= 15 is 0 Å². The van der Waals surface area contributed by atoms with Gasteiger partial charge in [-0.2, -0.15) is 4.72 Å². The molecule has 0 unspecified atom stereocenters. The second-order valence-corrected chi connectivity index (χ2v) is 7.46. The van der Waals surface area contributed by atoms with Gasteiger partial charge in [-0.05, 0) is 72.8 Å². The molecule has 0 aliphatic rings. The Bertz CT molecular complexity index is 757. The largest absolute Gasteiger partial charge is 0.497 e. The van der Waals surface area contributed by atoms with E-state index in [1.54, 1.807) is 14.2 Å². The Morgan fingerprint density at radius 3 is 1.52 bits per heavy atom. The molecule has 3 aromatic carbocycles. The molecule has 0 spiro atoms. The van der Waals surface area contributed by atoms with Gasteiger partial charge < -0.3 is 9.47 Å². The highest BCUT2D eigenvalue weighted by molar-refractivity contribution is 7.98. The van der Waals surface area contributed by atoms with Crippen molar-refractivity contribution in [1.29, 1.82) is 0 Å². The fourth-order valence-electron chi connectivity index (χ4n) is 2.31. The monoisotopic (exact) mass is 372 g/mol. The molecule has 3 nitrogen and oxygen atoms in total. The van der Waals surface area contributed by atoms with E-state index < -0.39 is 0 Å². The number of hydrogen-bond donors (Lipinski definition) is 1. The summed E-state index contributed by atoms with van der Waals surface area (Å²) >= 11 is 5.66. The number of halogens is 1. The van der Waals surface area contributed by atoms with E-state index in [1.165, 1.54) is 9.79 Å². The van der Waals surface area contributed by atoms with Gasteiger partial charge in [0.15, 0.2) is 20.9 Å². The van der Waals surface area contributed by atoms with Crippen LogP contribution in [0.3, 0.4) is 0 Å². The first-order valence-corrected chi connectivity index (χ1v) is 9.34. The quantitative estimate of drug-likeness (QED) is 0.586. The number of rotatable bonds is 6. The van der Waals surface area contributed by atoms with Crippen LogP contribution in [-0.4, -0.2) is 14.2 Å². The van der Waals surface area contributed by atoms with Crippen LogP contribution in [0, 0.1) is 0 Å². The number of ether oxygens (including phenoxy) is 2. The van der Waals surface area contributed by atoms with E-state index in [0.29, 0.717) is 0 Å². The second kappa shape index (κ2) is 8.19. The van der Waals surface area contributed by atoms with Crippen LogP contribution < -0.4 is 14.2 Å². The highest BCUT2D eigenvalue weighted by Gasteiger charge is 2.26. The molecule has 0 saturated carbocycles. The highest BCUT2D eigenvalue weighted by Crippen LogP contribution is 2.28. The lowest BCUT2D eigenvalue weighted by molar-refractivity contribution is 0.414. The fourth-order valence-corrected chi connectivity index (χ4v) is 4.14. The van der Waals surface area contributed by atoms with Crippen LogP contribution in [-0.2, 0) is 11.1 Å². The van der Waals surface area contributed by atoms with E-state index in [0.717, 1.165) is 22.2 Å². The summed E-state index contributed by atoms with van der Waals surface area (Å²) < 4.78 is 14.1. The number of hydrogen-bond acceptors (Lipinski definition) is 3. The Hall–Kier alpha value is -2.30. The summed E-state index contributed by atoms with van der Waals surface area (Å²) in [5.41, 5.74) is 1.01. The van der Waals surface area contributed by atoms with Crippen molar-refractivity contribution < 1.29 is 9.47 Å². The van der Waals surface area contributed by atoms with Gasteiger partial charge >= 0.3 is 0 Å². The second-order valence-electron chi connectivity index (χ2n) is 5.27. The first-order valence-electron chi connectivity index (χ1n) is 7.74. The van der Waals surface area contributed by atoms with Crippen molar-refractivity contribution in [2.75, 3.05) is 18.9 Å². The van der Waals surface area contributed by atoms with E-state index in [9.17, 15) is 0 Å². The first-order chi connectivity index (χ1) is 12.2. The normalized spacial score (nSPS) is 10.6. The number of methoxy groups -OCH3 is 2. The average molecular weight is 373 g/mol. The lowest BCUT2D eigenvalue weighted by atomic mass is 10.3. The third-order valence-electron chi connectivity index (χ3n) is 3.65. The first kappa shape index (κ1) is 17.5. The number of anilines is 1. The lowest BCUT2D eigenvalue weighted by Crippen LogP contribution is -2.14. The summed E-state index contributed by atoms with van der Waals surface area (Å²) in [6.07, 6.45) is 0. The molecule has 0 aliphatic heterocycles. The maximum atomic E-state index is 6.00. The third-order valence-corrected chi connectivity index (χ3v) is 5.83. The highest BCUT2D eigenvalue weighted by atomic mass is 35.5. The van der Waals surface area contributed by atoms with Crippen molar-refractivity contribution in [2.45, 2.75) is 9.79 Å². The topological polar surface area (TPSA) is 30.5 Å². The molecule has 0 fully saturated rings. The standard InChI is InChI=1S/C20H19ClNO2S/c1-23-17-7-11-19(12-8-17)25(20-13-9-18(24-2)10-14-20)22-16-5-3-15(21)4-6-16/h3-14,22H,1-2H3/q+1. The van der Waals surface area contributed by atoms with Crippen molar-refractivity contribution in [3.63, 3.8) is 0 Å². The molecule has 128 valence electrons. The Kier molecular flexibility index (Phi) is 5.74. The molecule has 0 saturated heterocycles. The molecule has 0 aliphatic carbocycles. The SMILES string of the molecule is COc1ccc([S+](Nc2ccc(Cl)cc2)c2ccc(OC)cc2)cc1. The Morgan fingerprint density at radius 1 is 0.680 bits per heavy atom. The number of benzene rings is 3. The van der Waals surface area contributed by atoms with Crippen LogP contribution >= 0.6 is 11.6 Å². The van der Waals surface area contributed by atoms with Gasteiger partial charge in [0.1, 0.15) is 11.5 Å². The minimum Gasteiger partial charge on any atom is -0.497 e. The zero-order valence-corrected chi connectivity index (χ0v) is 15.6. The third kappa shape index (κ3) is 4.41. The van der Waals surface area contributed by atoms with Crippen molar-refractivity contribution in [3.8, 4) is 11.5 Å². The smallest absolute Gasteiger partial charge is 0.188 e. The summed E-state index contributed by atoms with van der Waals surface area (Å²) in [5.74, 6) is 1.68. The summed E-state index contributed by atoms with van der Waals surface area (Å²) in [6, 6.07) is 23.9. The van der Waals surface area contributed by atoms with Crippen LogP contribution in [0.2, 0.25) is 5.02 Å². The maximum absolute atomic E-state index is 6.00. The molecular formula is C20H19ClNO2S+. The van der Waals surface area contributed by atoms with Crippen LogP contribution in [0.1, 0.15) is 0 Å². The van der Waals surface area contributed by atoms with Crippen LogP contribution in [0.15, 0.2) is 82.6 Å². The van der Waals surface area contributed by atoms with E-state index in [4.69, 9.17) is 21.1 Å². The number of nitrogens with one attached hydrogen (secondary N) is 1. The van der Waals surface area contributed by atoms with Gasteiger partial charge in [-0.25, -0.2) is 0 Å². The molecule has 0 amide bonds. The van der Waals surface area contributed by atoms with Crippen molar-refractivity contribution >= 4 is 28.4 Å². The molecule has 1 N–H and O–H groups in total. The summed E-state index contributed by atoms with van der Waals surface area (Å²) in [4.78, 5) is 2.34. The van der Waals surface area contributed by atoms with Gasteiger partial charge in [0, 0.05) is 5.02 Å². The van der Waals surface area contributed by atoms with Gasteiger partial charge in [-0.1, -0.05) is 11.6 Å². The van der Waals surface area contributed by atoms with E-state index in [2.05, 4.69) is 29.0 Å². The Morgan fingerprint density at radius 2 is 1.12 bits per heavy atom. The molecule has 25 heavy (non-hydrogen) atoms. The molecular weight excluding hydrogens is 354 g/mol. The van der Waals surface area contributed by atoms with Gasteiger partial charge in [0.25, 0.3) is 0 Å². The minimum absolute atomic E-state index is 0.334. The average Bonchev–Trinajstić information content (AvgIpc) is 2.68. The van der Waals surface area contributed by atoms with Gasteiger partial charge in [0.05, 0.1) is 19.9 Å². The lowest BCUT2D eigenvalue weighted by Gasteiger charge is -2.11. The van der Waals surface area contributed by atoms with Gasteiger partial charge in [-0.15, -0.1) is 0 Å². The van der Waals surface area contributed by atoms with Gasteiger partial charge in [-0.3, -0.25) is 0 Å². The molecule has 0 bridgehead atoms. The Balaban J connectivity index is 1.95. The molecule has 3 aromatic rings. The van der Waals surface area contributed by atoms with E-state index in [-0.39, 0.29) is 11.1 Å². The minimum atomic E-state index is -0.334.